The molecule has 2 aliphatic rings. The quantitative estimate of drug-likeness (QED) is 0.819. The number of nitrogens with one attached hydrogen (secondary N) is 1. The molecule has 146 valence electrons. The second-order valence-electron chi connectivity index (χ2n) is 6.93. The zero-order valence-corrected chi connectivity index (χ0v) is 15.4. The molecule has 1 amide bonds. The van der Waals surface area contributed by atoms with Crippen molar-refractivity contribution in [3.63, 3.8) is 0 Å². The molecule has 0 bridgehead atoms. The van der Waals surface area contributed by atoms with Crippen molar-refractivity contribution < 1.29 is 28.2 Å². The summed E-state index contributed by atoms with van der Waals surface area (Å²) < 4.78 is 29.9. The van der Waals surface area contributed by atoms with Gasteiger partial charge in [0.2, 0.25) is 0 Å². The zero-order chi connectivity index (χ0) is 19.7. The highest BCUT2D eigenvalue weighted by Crippen LogP contribution is 2.34. The van der Waals surface area contributed by atoms with Gasteiger partial charge < -0.3 is 19.5 Å². The Labute approximate surface area is 161 Å². The van der Waals surface area contributed by atoms with E-state index in [-0.39, 0.29) is 31.3 Å². The van der Waals surface area contributed by atoms with Gasteiger partial charge in [-0.15, -0.1) is 0 Å². The van der Waals surface area contributed by atoms with Gasteiger partial charge in [-0.2, -0.15) is 0 Å². The number of rotatable bonds is 4. The van der Waals surface area contributed by atoms with Crippen LogP contribution in [0.1, 0.15) is 34.0 Å². The molecule has 1 aliphatic heterocycles. The molecule has 0 spiro atoms. The molecule has 28 heavy (non-hydrogen) atoms. The topological polar surface area (TPSA) is 73.9 Å². The van der Waals surface area contributed by atoms with Gasteiger partial charge in [-0.3, -0.25) is 4.79 Å². The smallest absolute Gasteiger partial charge is 0.332 e. The standard InChI is InChI=1S/C21H20FNO5/c1-2-27-20(25)21(9-13-5-3-4-6-14(13)10-21)23-19(24)17-8-16(22)7-15-11-26-12-28-18(15)17/h3-8H,2,9-12H2,1H3,(H,23,24). The second kappa shape index (κ2) is 7.24. The first kappa shape index (κ1) is 18.4. The third-order valence-electron chi connectivity index (χ3n) is 5.04. The summed E-state index contributed by atoms with van der Waals surface area (Å²) in [4.78, 5) is 25.9. The molecular weight excluding hydrogens is 365 g/mol. The minimum absolute atomic E-state index is 0.0205. The predicted octanol–water partition coefficient (Wildman–Crippen LogP) is 2.52. The van der Waals surface area contributed by atoms with Crippen molar-refractivity contribution in [1.29, 1.82) is 0 Å². The first-order valence-corrected chi connectivity index (χ1v) is 9.12. The van der Waals surface area contributed by atoms with E-state index < -0.39 is 23.2 Å². The summed E-state index contributed by atoms with van der Waals surface area (Å²) in [5.41, 5.74) is 1.21. The number of halogens is 1. The average molecular weight is 385 g/mol. The maximum absolute atomic E-state index is 14.0. The normalized spacial score (nSPS) is 16.5. The Bertz CT molecular complexity index is 917. The molecule has 1 heterocycles. The Balaban J connectivity index is 1.68. The SMILES string of the molecule is CCOC(=O)C1(NC(=O)c2cc(F)cc3c2OCOC3)Cc2ccccc2C1. The number of fused-ring (bicyclic) bond motifs is 2. The van der Waals surface area contributed by atoms with Crippen molar-refractivity contribution in [1.82, 2.24) is 5.32 Å². The number of benzene rings is 2. The van der Waals surface area contributed by atoms with Crippen molar-refractivity contribution >= 4 is 11.9 Å². The molecule has 2 aromatic rings. The Morgan fingerprint density at radius 2 is 1.89 bits per heavy atom. The third kappa shape index (κ3) is 3.22. The van der Waals surface area contributed by atoms with Crippen LogP contribution in [-0.4, -0.2) is 30.8 Å². The van der Waals surface area contributed by atoms with Gasteiger partial charge in [-0.1, -0.05) is 24.3 Å². The Hall–Kier alpha value is -2.93. The molecule has 0 atom stereocenters. The van der Waals surface area contributed by atoms with Crippen LogP contribution in [0.25, 0.3) is 0 Å². The summed E-state index contributed by atoms with van der Waals surface area (Å²) >= 11 is 0. The van der Waals surface area contributed by atoms with E-state index in [1.54, 1.807) is 6.92 Å². The number of esters is 1. The van der Waals surface area contributed by atoms with Crippen LogP contribution in [0.3, 0.4) is 0 Å². The number of amides is 1. The summed E-state index contributed by atoms with van der Waals surface area (Å²) in [5.74, 6) is -1.38. The molecule has 0 aromatic heterocycles. The van der Waals surface area contributed by atoms with E-state index in [4.69, 9.17) is 14.2 Å². The highest BCUT2D eigenvalue weighted by atomic mass is 19.1. The minimum Gasteiger partial charge on any atom is -0.466 e. The number of hydrogen-bond donors (Lipinski definition) is 1. The molecule has 1 aliphatic carbocycles. The van der Waals surface area contributed by atoms with E-state index >= 15 is 0 Å². The van der Waals surface area contributed by atoms with Crippen molar-refractivity contribution in [2.45, 2.75) is 31.9 Å². The molecule has 4 rings (SSSR count). The largest absolute Gasteiger partial charge is 0.466 e. The summed E-state index contributed by atoms with van der Waals surface area (Å²) in [7, 11) is 0. The minimum atomic E-state index is -1.23. The number of ether oxygens (including phenoxy) is 3. The summed E-state index contributed by atoms with van der Waals surface area (Å²) in [6.07, 6.45) is 0.629. The summed E-state index contributed by atoms with van der Waals surface area (Å²) in [6, 6.07) is 10.0. The predicted molar refractivity (Wildman–Crippen MR) is 97.4 cm³/mol. The van der Waals surface area contributed by atoms with Crippen LogP contribution < -0.4 is 10.1 Å². The van der Waals surface area contributed by atoms with Crippen LogP contribution in [0.15, 0.2) is 36.4 Å². The van der Waals surface area contributed by atoms with E-state index in [2.05, 4.69) is 5.32 Å². The maximum Gasteiger partial charge on any atom is 0.332 e. The average Bonchev–Trinajstić information content (AvgIpc) is 3.06. The Morgan fingerprint density at radius 3 is 2.57 bits per heavy atom. The van der Waals surface area contributed by atoms with Gasteiger partial charge in [-0.05, 0) is 30.2 Å². The van der Waals surface area contributed by atoms with Crippen molar-refractivity contribution in [3.05, 3.63) is 64.5 Å². The maximum atomic E-state index is 14.0. The molecule has 0 saturated carbocycles. The highest BCUT2D eigenvalue weighted by Gasteiger charge is 2.47. The van der Waals surface area contributed by atoms with Crippen molar-refractivity contribution in [3.8, 4) is 5.75 Å². The molecule has 0 fully saturated rings. The molecule has 0 unspecified atom stereocenters. The van der Waals surface area contributed by atoms with Gasteiger partial charge in [0.1, 0.15) is 17.1 Å². The van der Waals surface area contributed by atoms with Gasteiger partial charge in [0.25, 0.3) is 5.91 Å². The number of carbonyl (C=O) groups is 2. The van der Waals surface area contributed by atoms with Crippen LogP contribution in [0.4, 0.5) is 4.39 Å². The summed E-state index contributed by atoms with van der Waals surface area (Å²) in [5, 5.41) is 2.82. The Kier molecular flexibility index (Phi) is 4.77. The van der Waals surface area contributed by atoms with Gasteiger partial charge >= 0.3 is 5.97 Å². The zero-order valence-electron chi connectivity index (χ0n) is 15.4. The van der Waals surface area contributed by atoms with E-state index in [1.165, 1.54) is 6.07 Å². The van der Waals surface area contributed by atoms with Crippen LogP contribution >= 0.6 is 0 Å². The first-order valence-electron chi connectivity index (χ1n) is 9.12. The molecule has 2 aromatic carbocycles. The lowest BCUT2D eigenvalue weighted by molar-refractivity contribution is -0.150. The third-order valence-corrected chi connectivity index (χ3v) is 5.04. The Morgan fingerprint density at radius 1 is 1.18 bits per heavy atom. The number of hydrogen-bond acceptors (Lipinski definition) is 5. The monoisotopic (exact) mass is 385 g/mol. The fraction of sp³-hybridized carbons (Fsp3) is 0.333. The van der Waals surface area contributed by atoms with Crippen molar-refractivity contribution in [2.75, 3.05) is 13.4 Å². The summed E-state index contributed by atoms with van der Waals surface area (Å²) in [6.45, 7) is 2.05. The second-order valence-corrected chi connectivity index (χ2v) is 6.93. The van der Waals surface area contributed by atoms with E-state index in [1.807, 2.05) is 24.3 Å². The van der Waals surface area contributed by atoms with Gasteiger partial charge in [0.05, 0.1) is 18.8 Å². The van der Waals surface area contributed by atoms with Crippen LogP contribution in [0.5, 0.6) is 5.75 Å². The number of carbonyl (C=O) groups excluding carboxylic acids is 2. The van der Waals surface area contributed by atoms with Crippen LogP contribution in [0.2, 0.25) is 0 Å². The van der Waals surface area contributed by atoms with Crippen molar-refractivity contribution in [2.24, 2.45) is 0 Å². The van der Waals surface area contributed by atoms with Crippen LogP contribution in [-0.2, 0) is 33.7 Å². The highest BCUT2D eigenvalue weighted by molar-refractivity contribution is 6.01. The van der Waals surface area contributed by atoms with Gasteiger partial charge in [0.15, 0.2) is 6.79 Å². The molecule has 1 N–H and O–H groups in total. The van der Waals surface area contributed by atoms with Crippen LogP contribution in [0, 0.1) is 5.82 Å². The van der Waals surface area contributed by atoms with Gasteiger partial charge in [0, 0.05) is 18.4 Å². The van der Waals surface area contributed by atoms with E-state index in [0.717, 1.165) is 17.2 Å². The molecule has 0 radical (unpaired) electrons. The molecule has 6 nitrogen and oxygen atoms in total. The molecule has 7 heteroatoms. The molecule has 0 saturated heterocycles. The lowest BCUT2D eigenvalue weighted by Crippen LogP contribution is -2.56. The fourth-order valence-corrected chi connectivity index (χ4v) is 3.80. The van der Waals surface area contributed by atoms with E-state index in [0.29, 0.717) is 18.4 Å². The molecular formula is C21H20FNO5. The lowest BCUT2D eigenvalue weighted by atomic mass is 9.94. The lowest BCUT2D eigenvalue weighted by Gasteiger charge is -2.29. The van der Waals surface area contributed by atoms with Gasteiger partial charge in [-0.25, -0.2) is 9.18 Å². The fourth-order valence-electron chi connectivity index (χ4n) is 3.80. The van der Waals surface area contributed by atoms with E-state index in [9.17, 15) is 14.0 Å². The first-order chi connectivity index (χ1) is 13.5.